The first-order valence-corrected chi connectivity index (χ1v) is 10.5. The number of carbonyl (C=O) groups is 1. The second-order valence-corrected chi connectivity index (χ2v) is 7.65. The topological polar surface area (TPSA) is 72.6 Å². The zero-order valence-electron chi connectivity index (χ0n) is 18.8. The number of aromatic hydroxyl groups is 1. The second kappa shape index (κ2) is 12.8. The van der Waals surface area contributed by atoms with Gasteiger partial charge in [-0.1, -0.05) is 72.4 Å². The zero-order chi connectivity index (χ0) is 23.3. The van der Waals surface area contributed by atoms with Crippen LogP contribution in [-0.2, 0) is 17.8 Å². The lowest BCUT2D eigenvalue weighted by Crippen LogP contribution is -2.10. The minimum absolute atomic E-state index is 0.237. The summed E-state index contributed by atoms with van der Waals surface area (Å²) in [6, 6.07) is 14.4. The summed E-state index contributed by atoms with van der Waals surface area (Å²) in [5, 5.41) is 9.43. The zero-order valence-corrected chi connectivity index (χ0v) is 18.8. The number of amides is 1. The van der Waals surface area contributed by atoms with Gasteiger partial charge in [0.05, 0.1) is 0 Å². The molecule has 2 rings (SSSR count). The number of hydrogen-bond donors (Lipinski definition) is 2. The summed E-state index contributed by atoms with van der Waals surface area (Å²) in [6.45, 7) is 8.24. The number of ether oxygens (including phenoxy) is 1. The van der Waals surface area contributed by atoms with Crippen molar-refractivity contribution in [2.24, 2.45) is 5.73 Å². The number of phenolic OH excluding ortho intramolecular Hbond substituents is 1. The Morgan fingerprint density at radius 1 is 1.00 bits per heavy atom. The lowest BCUT2D eigenvalue weighted by molar-refractivity contribution is 0.1000. The van der Waals surface area contributed by atoms with Crippen molar-refractivity contribution < 1.29 is 14.6 Å². The number of hydrogen-bond acceptors (Lipinski definition) is 3. The van der Waals surface area contributed by atoms with Gasteiger partial charge in [-0.15, -0.1) is 0 Å². The van der Waals surface area contributed by atoms with Gasteiger partial charge in [-0.2, -0.15) is 0 Å². The number of rotatable bonds is 11. The van der Waals surface area contributed by atoms with Crippen molar-refractivity contribution in [1.29, 1.82) is 0 Å². The van der Waals surface area contributed by atoms with E-state index in [1.54, 1.807) is 24.3 Å². The van der Waals surface area contributed by atoms with Gasteiger partial charge in [-0.3, -0.25) is 4.79 Å². The SMILES string of the molecule is C=C/C=C\C=C(/C/C(C)=C/C=C(/C)Cc1cccc(C(N)=O)c1)OCc1ccc(O)cc1. The first-order valence-electron chi connectivity index (χ1n) is 10.5. The lowest BCUT2D eigenvalue weighted by atomic mass is 10.0. The van der Waals surface area contributed by atoms with E-state index in [1.807, 2.05) is 48.6 Å². The summed E-state index contributed by atoms with van der Waals surface area (Å²) in [4.78, 5) is 11.4. The van der Waals surface area contributed by atoms with E-state index in [1.165, 1.54) is 5.57 Å². The minimum atomic E-state index is -0.415. The van der Waals surface area contributed by atoms with Gasteiger partial charge in [0.15, 0.2) is 0 Å². The Bertz CT molecular complexity index is 1040. The van der Waals surface area contributed by atoms with Crippen LogP contribution in [0.4, 0.5) is 0 Å². The van der Waals surface area contributed by atoms with Crippen LogP contribution in [0.1, 0.15) is 41.8 Å². The number of phenols is 1. The van der Waals surface area contributed by atoms with Crippen LogP contribution in [-0.4, -0.2) is 11.0 Å². The van der Waals surface area contributed by atoms with Crippen molar-refractivity contribution in [1.82, 2.24) is 0 Å². The number of carbonyl (C=O) groups excluding carboxylic acids is 1. The van der Waals surface area contributed by atoms with Crippen molar-refractivity contribution in [3.63, 3.8) is 0 Å². The molecular weight excluding hydrogens is 398 g/mol. The summed E-state index contributed by atoms with van der Waals surface area (Å²) in [6.07, 6.45) is 13.0. The lowest BCUT2D eigenvalue weighted by Gasteiger charge is -2.11. The van der Waals surface area contributed by atoms with Crippen LogP contribution in [0.3, 0.4) is 0 Å². The van der Waals surface area contributed by atoms with E-state index in [0.717, 1.165) is 28.9 Å². The molecule has 0 aliphatic rings. The third kappa shape index (κ3) is 8.92. The monoisotopic (exact) mass is 429 g/mol. The number of allylic oxidation sites excluding steroid dienone is 8. The largest absolute Gasteiger partial charge is 0.508 e. The summed E-state index contributed by atoms with van der Waals surface area (Å²) >= 11 is 0. The van der Waals surface area contributed by atoms with Gasteiger partial charge >= 0.3 is 0 Å². The average Bonchev–Trinajstić information content (AvgIpc) is 2.77. The average molecular weight is 430 g/mol. The molecule has 0 aliphatic carbocycles. The van der Waals surface area contributed by atoms with Gasteiger partial charge in [0.2, 0.25) is 5.91 Å². The predicted molar refractivity (Wildman–Crippen MR) is 131 cm³/mol. The Morgan fingerprint density at radius 3 is 2.41 bits per heavy atom. The van der Waals surface area contributed by atoms with Crippen molar-refractivity contribution in [2.75, 3.05) is 0 Å². The molecule has 166 valence electrons. The van der Waals surface area contributed by atoms with E-state index >= 15 is 0 Å². The highest BCUT2D eigenvalue weighted by molar-refractivity contribution is 5.92. The van der Waals surface area contributed by atoms with Crippen molar-refractivity contribution in [3.8, 4) is 5.75 Å². The normalized spacial score (nSPS) is 12.8. The molecule has 0 saturated heterocycles. The van der Waals surface area contributed by atoms with E-state index in [2.05, 4.69) is 32.6 Å². The van der Waals surface area contributed by atoms with E-state index in [0.29, 0.717) is 18.6 Å². The highest BCUT2D eigenvalue weighted by atomic mass is 16.5. The number of nitrogens with two attached hydrogens (primary N) is 1. The molecule has 2 aromatic carbocycles. The van der Waals surface area contributed by atoms with Crippen molar-refractivity contribution in [2.45, 2.75) is 33.3 Å². The smallest absolute Gasteiger partial charge is 0.248 e. The van der Waals surface area contributed by atoms with Gasteiger partial charge in [-0.25, -0.2) is 0 Å². The van der Waals surface area contributed by atoms with Crippen LogP contribution < -0.4 is 5.73 Å². The molecular formula is C28H31NO3. The molecule has 0 bridgehead atoms. The second-order valence-electron chi connectivity index (χ2n) is 7.65. The fourth-order valence-electron chi connectivity index (χ4n) is 3.00. The molecule has 0 heterocycles. The highest BCUT2D eigenvalue weighted by Gasteiger charge is 2.03. The van der Waals surface area contributed by atoms with E-state index in [9.17, 15) is 9.90 Å². The fraction of sp³-hybridized carbons (Fsp3) is 0.179. The predicted octanol–water partition coefficient (Wildman–Crippen LogP) is 6.16. The Labute approximate surface area is 190 Å². The van der Waals surface area contributed by atoms with Gasteiger partial charge in [0, 0.05) is 12.0 Å². The summed E-state index contributed by atoms with van der Waals surface area (Å²) in [7, 11) is 0. The first-order chi connectivity index (χ1) is 15.4. The molecule has 0 saturated carbocycles. The molecule has 4 heteroatoms. The van der Waals surface area contributed by atoms with E-state index in [-0.39, 0.29) is 5.75 Å². The number of primary amides is 1. The summed E-state index contributed by atoms with van der Waals surface area (Å²) in [5.41, 5.74) is 10.3. The summed E-state index contributed by atoms with van der Waals surface area (Å²) in [5.74, 6) is 0.659. The molecule has 0 radical (unpaired) electrons. The van der Waals surface area contributed by atoms with Crippen LogP contribution in [0.25, 0.3) is 0 Å². The van der Waals surface area contributed by atoms with Gasteiger partial charge in [-0.05, 0) is 61.7 Å². The Kier molecular flexibility index (Phi) is 9.79. The molecule has 0 atom stereocenters. The molecule has 0 aromatic heterocycles. The molecule has 1 amide bonds. The van der Waals surface area contributed by atoms with Gasteiger partial charge in [0.1, 0.15) is 18.1 Å². The molecule has 3 N–H and O–H groups in total. The molecule has 32 heavy (non-hydrogen) atoms. The fourth-order valence-corrected chi connectivity index (χ4v) is 3.00. The third-order valence-electron chi connectivity index (χ3n) is 4.69. The van der Waals surface area contributed by atoms with E-state index < -0.39 is 5.91 Å². The standard InChI is InChI=1S/C28H31NO3/c1-4-5-6-10-27(32-20-23-13-15-26(30)16-14-23)18-22(3)12-11-21(2)17-24-8-7-9-25(19-24)28(29)31/h4-16,19,30H,1,17-18,20H2,2-3H3,(H2,29,31)/b6-5-,21-11-,22-12+,27-10+. The van der Waals surface area contributed by atoms with Crippen molar-refractivity contribution >= 4 is 5.91 Å². The minimum Gasteiger partial charge on any atom is -0.508 e. The van der Waals surface area contributed by atoms with Crippen LogP contribution in [0.5, 0.6) is 5.75 Å². The number of benzene rings is 2. The van der Waals surface area contributed by atoms with Crippen LogP contribution in [0.2, 0.25) is 0 Å². The quantitative estimate of drug-likeness (QED) is 0.332. The molecule has 0 spiro atoms. The molecule has 0 unspecified atom stereocenters. The Hall–Kier alpha value is -3.79. The summed E-state index contributed by atoms with van der Waals surface area (Å²) < 4.78 is 6.01. The molecule has 2 aromatic rings. The highest BCUT2D eigenvalue weighted by Crippen LogP contribution is 2.18. The maximum Gasteiger partial charge on any atom is 0.248 e. The van der Waals surface area contributed by atoms with Crippen LogP contribution in [0, 0.1) is 0 Å². The Morgan fingerprint density at radius 2 is 1.72 bits per heavy atom. The first kappa shape index (κ1) is 24.5. The van der Waals surface area contributed by atoms with Gasteiger partial charge < -0.3 is 15.6 Å². The Balaban J connectivity index is 2.03. The van der Waals surface area contributed by atoms with Crippen molar-refractivity contribution in [3.05, 3.63) is 125 Å². The maximum absolute atomic E-state index is 11.4. The van der Waals surface area contributed by atoms with Crippen LogP contribution in [0.15, 0.2) is 108 Å². The van der Waals surface area contributed by atoms with Gasteiger partial charge in [0.25, 0.3) is 0 Å². The maximum atomic E-state index is 11.4. The van der Waals surface area contributed by atoms with E-state index in [4.69, 9.17) is 10.5 Å². The third-order valence-corrected chi connectivity index (χ3v) is 4.69. The van der Waals surface area contributed by atoms with Crippen LogP contribution >= 0.6 is 0 Å². The molecule has 0 fully saturated rings. The molecule has 0 aliphatic heterocycles. The molecule has 4 nitrogen and oxygen atoms in total.